The summed E-state index contributed by atoms with van der Waals surface area (Å²) in [7, 11) is 0. The highest BCUT2D eigenvalue weighted by Gasteiger charge is 2.07. The second-order valence-corrected chi connectivity index (χ2v) is 2.07. The Labute approximate surface area is 53.7 Å². The predicted octanol–water partition coefficient (Wildman–Crippen LogP) is 0.463. The molecule has 0 saturated heterocycles. The molecule has 0 aromatic carbocycles. The molecule has 0 heterocycles. The molecule has 1 unspecified atom stereocenters. The van der Waals surface area contributed by atoms with Crippen LogP contribution < -0.4 is 0 Å². The molecule has 0 aliphatic carbocycles. The van der Waals surface area contributed by atoms with Crippen molar-refractivity contribution in [2.45, 2.75) is 18.6 Å². The fraction of sp³-hybridized carbons (Fsp3) is 0.600. The number of thiol groups is 1. The van der Waals surface area contributed by atoms with Crippen molar-refractivity contribution in [2.75, 3.05) is 0 Å². The van der Waals surface area contributed by atoms with Gasteiger partial charge < -0.3 is 0 Å². The van der Waals surface area contributed by atoms with Crippen LogP contribution in [0.5, 0.6) is 0 Å². The van der Waals surface area contributed by atoms with Crippen LogP contribution in [0.15, 0.2) is 0 Å². The number of hydrogen-bond acceptors (Lipinski definition) is 3. The number of ketones is 1. The smallest absolute Gasteiger partial charge is 0.207 e. The zero-order valence-corrected chi connectivity index (χ0v) is 5.52. The van der Waals surface area contributed by atoms with E-state index in [4.69, 9.17) is 0 Å². The molecule has 0 spiro atoms. The van der Waals surface area contributed by atoms with E-state index in [9.17, 15) is 9.59 Å². The third kappa shape index (κ3) is 2.12. The standard InChI is InChI=1S/C5H8O2S/c1-2-5(8)4(7)3-6/h3,5,8H,2H2,1H3. The van der Waals surface area contributed by atoms with E-state index in [1.54, 1.807) is 6.92 Å². The molecule has 0 bridgehead atoms. The van der Waals surface area contributed by atoms with E-state index >= 15 is 0 Å². The van der Waals surface area contributed by atoms with Crippen LogP contribution in [0.1, 0.15) is 13.3 Å². The number of carbonyl (C=O) groups excluding carboxylic acids is 2. The molecule has 0 aliphatic rings. The Morgan fingerprint density at radius 2 is 2.38 bits per heavy atom. The minimum Gasteiger partial charge on any atom is -0.295 e. The lowest BCUT2D eigenvalue weighted by Gasteiger charge is -1.96. The Morgan fingerprint density at radius 3 is 2.50 bits per heavy atom. The van der Waals surface area contributed by atoms with E-state index < -0.39 is 11.0 Å². The maximum Gasteiger partial charge on any atom is 0.207 e. The van der Waals surface area contributed by atoms with Crippen LogP contribution in [-0.4, -0.2) is 17.3 Å². The quantitative estimate of drug-likeness (QED) is 0.344. The molecule has 0 rings (SSSR count). The Hall–Kier alpha value is -0.310. The summed E-state index contributed by atoms with van der Waals surface area (Å²) >= 11 is 3.82. The van der Waals surface area contributed by atoms with Gasteiger partial charge in [0, 0.05) is 0 Å². The van der Waals surface area contributed by atoms with Crippen molar-refractivity contribution in [1.82, 2.24) is 0 Å². The second kappa shape index (κ2) is 3.66. The van der Waals surface area contributed by atoms with Crippen molar-refractivity contribution in [1.29, 1.82) is 0 Å². The highest BCUT2D eigenvalue weighted by molar-refractivity contribution is 7.82. The Morgan fingerprint density at radius 1 is 1.88 bits per heavy atom. The third-order valence-corrected chi connectivity index (χ3v) is 1.45. The minimum atomic E-state index is -0.434. The van der Waals surface area contributed by atoms with Gasteiger partial charge in [0.15, 0.2) is 6.29 Å². The van der Waals surface area contributed by atoms with E-state index in [0.29, 0.717) is 12.7 Å². The van der Waals surface area contributed by atoms with E-state index in [1.165, 1.54) is 0 Å². The summed E-state index contributed by atoms with van der Waals surface area (Å²) in [6.07, 6.45) is 0.919. The van der Waals surface area contributed by atoms with Crippen LogP contribution in [0.2, 0.25) is 0 Å². The first-order valence-electron chi connectivity index (χ1n) is 2.39. The van der Waals surface area contributed by atoms with Crippen LogP contribution in [-0.2, 0) is 9.59 Å². The van der Waals surface area contributed by atoms with E-state index in [0.717, 1.165) is 0 Å². The molecular formula is C5H8O2S. The van der Waals surface area contributed by atoms with Crippen LogP contribution in [0.25, 0.3) is 0 Å². The van der Waals surface area contributed by atoms with Gasteiger partial charge in [0.1, 0.15) is 0 Å². The average molecular weight is 132 g/mol. The van der Waals surface area contributed by atoms with Crippen LogP contribution in [0.4, 0.5) is 0 Å². The molecule has 0 radical (unpaired) electrons. The van der Waals surface area contributed by atoms with Crippen LogP contribution in [0.3, 0.4) is 0 Å². The summed E-state index contributed by atoms with van der Waals surface area (Å²) in [6.45, 7) is 1.80. The van der Waals surface area contributed by atoms with Gasteiger partial charge in [-0.1, -0.05) is 6.92 Å². The molecule has 46 valence electrons. The van der Waals surface area contributed by atoms with Crippen molar-refractivity contribution < 1.29 is 9.59 Å². The molecule has 0 amide bonds. The molecule has 0 aliphatic heterocycles. The number of hydrogen-bond donors (Lipinski definition) is 1. The summed E-state index contributed by atoms with van der Waals surface area (Å²) in [5.74, 6) is -0.434. The third-order valence-electron chi connectivity index (χ3n) is 0.831. The SMILES string of the molecule is CCC(S)C(=O)C=O. The maximum absolute atomic E-state index is 10.3. The van der Waals surface area contributed by atoms with Gasteiger partial charge in [0.25, 0.3) is 0 Å². The molecular weight excluding hydrogens is 124 g/mol. The first-order chi connectivity index (χ1) is 3.72. The Bertz CT molecular complexity index is 101. The Balaban J connectivity index is 3.62. The second-order valence-electron chi connectivity index (χ2n) is 1.44. The van der Waals surface area contributed by atoms with Crippen molar-refractivity contribution in [3.8, 4) is 0 Å². The van der Waals surface area contributed by atoms with E-state index in [-0.39, 0.29) is 0 Å². The molecule has 0 aromatic heterocycles. The normalized spacial score (nSPS) is 12.8. The molecule has 0 N–H and O–H groups in total. The monoisotopic (exact) mass is 132 g/mol. The van der Waals surface area contributed by atoms with Gasteiger partial charge in [-0.25, -0.2) is 0 Å². The number of aldehydes is 1. The minimum absolute atomic E-state index is 0.307. The summed E-state index contributed by atoms with van der Waals surface area (Å²) in [5.41, 5.74) is 0. The highest BCUT2D eigenvalue weighted by atomic mass is 32.1. The van der Waals surface area contributed by atoms with Gasteiger partial charge in [0.05, 0.1) is 5.25 Å². The molecule has 0 saturated carbocycles. The lowest BCUT2D eigenvalue weighted by molar-refractivity contribution is -0.129. The molecule has 3 heteroatoms. The van der Waals surface area contributed by atoms with Gasteiger partial charge in [0.2, 0.25) is 5.78 Å². The maximum atomic E-state index is 10.3. The lowest BCUT2D eigenvalue weighted by atomic mass is 10.2. The van der Waals surface area contributed by atoms with Crippen molar-refractivity contribution >= 4 is 24.7 Å². The zero-order chi connectivity index (χ0) is 6.57. The van der Waals surface area contributed by atoms with E-state index in [1.807, 2.05) is 0 Å². The van der Waals surface area contributed by atoms with Crippen molar-refractivity contribution in [3.63, 3.8) is 0 Å². The van der Waals surface area contributed by atoms with E-state index in [2.05, 4.69) is 12.6 Å². The van der Waals surface area contributed by atoms with Crippen LogP contribution >= 0.6 is 12.6 Å². The van der Waals surface area contributed by atoms with Gasteiger partial charge >= 0.3 is 0 Å². The topological polar surface area (TPSA) is 34.1 Å². The fourth-order valence-electron chi connectivity index (χ4n) is 0.280. The zero-order valence-electron chi connectivity index (χ0n) is 4.63. The summed E-state index contributed by atoms with van der Waals surface area (Å²) in [5, 5.41) is -0.396. The van der Waals surface area contributed by atoms with Crippen molar-refractivity contribution in [3.05, 3.63) is 0 Å². The van der Waals surface area contributed by atoms with Crippen LogP contribution in [0, 0.1) is 0 Å². The molecule has 1 atom stereocenters. The average Bonchev–Trinajstić information content (AvgIpc) is 1.84. The molecule has 8 heavy (non-hydrogen) atoms. The first-order valence-corrected chi connectivity index (χ1v) is 2.91. The molecule has 0 aromatic rings. The van der Waals surface area contributed by atoms with Gasteiger partial charge in [-0.2, -0.15) is 12.6 Å². The van der Waals surface area contributed by atoms with Gasteiger partial charge in [-0.3, -0.25) is 9.59 Å². The van der Waals surface area contributed by atoms with Gasteiger partial charge in [-0.05, 0) is 6.42 Å². The van der Waals surface area contributed by atoms with Gasteiger partial charge in [-0.15, -0.1) is 0 Å². The fourth-order valence-corrected chi connectivity index (χ4v) is 0.341. The number of carbonyl (C=O) groups is 2. The number of rotatable bonds is 3. The Kier molecular flexibility index (Phi) is 3.52. The summed E-state index contributed by atoms with van der Waals surface area (Å²) < 4.78 is 0. The highest BCUT2D eigenvalue weighted by Crippen LogP contribution is 1.98. The first kappa shape index (κ1) is 7.69. The lowest BCUT2D eigenvalue weighted by Crippen LogP contribution is -2.13. The largest absolute Gasteiger partial charge is 0.295 e. The summed E-state index contributed by atoms with van der Waals surface area (Å²) in [6, 6.07) is 0. The number of Topliss-reactive ketones (excluding diaryl/α,β-unsaturated/α-hetero) is 1. The molecule has 0 fully saturated rings. The summed E-state index contributed by atoms with van der Waals surface area (Å²) in [4.78, 5) is 20.0. The predicted molar refractivity (Wildman–Crippen MR) is 34.1 cm³/mol. The van der Waals surface area contributed by atoms with Crippen molar-refractivity contribution in [2.24, 2.45) is 0 Å². The molecule has 2 nitrogen and oxygen atoms in total.